The Bertz CT molecular complexity index is 889. The van der Waals surface area contributed by atoms with Crippen molar-refractivity contribution in [1.82, 2.24) is 14.9 Å². The third-order valence-electron chi connectivity index (χ3n) is 3.98. The number of para-hydroxylation sites is 3. The van der Waals surface area contributed by atoms with Gasteiger partial charge in [0.1, 0.15) is 5.82 Å². The number of carbonyl (C=O) groups is 1. The number of imidazole rings is 1. The quantitative estimate of drug-likeness (QED) is 0.711. The van der Waals surface area contributed by atoms with Gasteiger partial charge in [-0.2, -0.15) is 0 Å². The summed E-state index contributed by atoms with van der Waals surface area (Å²) in [5.41, 5.74) is 1.99. The highest BCUT2D eigenvalue weighted by molar-refractivity contribution is 5.77. The molecule has 1 amide bonds. The number of aryl methyl sites for hydroxylation is 1. The van der Waals surface area contributed by atoms with E-state index < -0.39 is 0 Å². The van der Waals surface area contributed by atoms with Crippen LogP contribution in [0.2, 0.25) is 0 Å². The fourth-order valence-electron chi connectivity index (χ4n) is 2.65. The second kappa shape index (κ2) is 8.20. The van der Waals surface area contributed by atoms with Crippen LogP contribution in [0.25, 0.3) is 5.69 Å². The monoisotopic (exact) mass is 351 g/mol. The van der Waals surface area contributed by atoms with Crippen LogP contribution in [0.5, 0.6) is 11.5 Å². The summed E-state index contributed by atoms with van der Waals surface area (Å²) in [6, 6.07) is 15.1. The minimum Gasteiger partial charge on any atom is -0.493 e. The van der Waals surface area contributed by atoms with Gasteiger partial charge in [-0.25, -0.2) is 4.98 Å². The summed E-state index contributed by atoms with van der Waals surface area (Å²) in [6.45, 7) is 2.27. The van der Waals surface area contributed by atoms with E-state index in [2.05, 4.69) is 10.3 Å². The Balaban J connectivity index is 1.61. The van der Waals surface area contributed by atoms with Gasteiger partial charge in [-0.1, -0.05) is 30.3 Å². The predicted octanol–water partition coefficient (Wildman–Crippen LogP) is 2.88. The highest BCUT2D eigenvalue weighted by Gasteiger charge is 2.10. The molecular weight excluding hydrogens is 330 g/mol. The number of methoxy groups -OCH3 is 1. The van der Waals surface area contributed by atoms with E-state index in [4.69, 9.17) is 9.47 Å². The SMILES string of the molecule is COc1ccccc1OCC(=O)NCc1ccccc1-n1ccnc1C. The van der Waals surface area contributed by atoms with Crippen LogP contribution in [0, 0.1) is 6.92 Å². The average molecular weight is 351 g/mol. The number of aromatic nitrogens is 2. The molecule has 2 aromatic carbocycles. The van der Waals surface area contributed by atoms with Crippen molar-refractivity contribution >= 4 is 5.91 Å². The van der Waals surface area contributed by atoms with E-state index in [1.807, 2.05) is 54.1 Å². The van der Waals surface area contributed by atoms with Crippen LogP contribution in [0.4, 0.5) is 0 Å². The molecule has 0 spiro atoms. The standard InChI is InChI=1S/C20H21N3O3/c1-15-21-11-12-23(15)17-8-4-3-7-16(17)13-22-20(24)14-26-19-10-6-5-9-18(19)25-2/h3-12H,13-14H2,1-2H3,(H,22,24). The summed E-state index contributed by atoms with van der Waals surface area (Å²) in [6.07, 6.45) is 3.66. The van der Waals surface area contributed by atoms with E-state index in [1.165, 1.54) is 0 Å². The van der Waals surface area contributed by atoms with Gasteiger partial charge >= 0.3 is 0 Å². The number of hydrogen-bond donors (Lipinski definition) is 1. The molecule has 0 aliphatic heterocycles. The molecule has 0 saturated heterocycles. The number of nitrogens with zero attached hydrogens (tertiary/aromatic N) is 2. The first kappa shape index (κ1) is 17.5. The Morgan fingerprint density at radius 2 is 1.85 bits per heavy atom. The first-order chi connectivity index (χ1) is 12.7. The third-order valence-corrected chi connectivity index (χ3v) is 3.98. The van der Waals surface area contributed by atoms with Crippen LogP contribution in [0.15, 0.2) is 60.9 Å². The lowest BCUT2D eigenvalue weighted by atomic mass is 10.1. The van der Waals surface area contributed by atoms with Gasteiger partial charge in [0.25, 0.3) is 5.91 Å². The molecule has 6 heteroatoms. The largest absolute Gasteiger partial charge is 0.493 e. The minimum atomic E-state index is -0.201. The molecule has 0 aliphatic carbocycles. The number of benzene rings is 2. The second-order valence-electron chi connectivity index (χ2n) is 5.69. The maximum absolute atomic E-state index is 12.2. The van der Waals surface area contributed by atoms with Gasteiger partial charge in [0.15, 0.2) is 18.1 Å². The van der Waals surface area contributed by atoms with Gasteiger partial charge in [-0.15, -0.1) is 0 Å². The van der Waals surface area contributed by atoms with Crippen LogP contribution in [-0.2, 0) is 11.3 Å². The Morgan fingerprint density at radius 1 is 1.12 bits per heavy atom. The molecule has 3 aromatic rings. The highest BCUT2D eigenvalue weighted by atomic mass is 16.5. The second-order valence-corrected chi connectivity index (χ2v) is 5.69. The van der Waals surface area contributed by atoms with Gasteiger partial charge in [-0.05, 0) is 30.7 Å². The fraction of sp³-hybridized carbons (Fsp3) is 0.200. The average Bonchev–Trinajstić information content (AvgIpc) is 3.11. The lowest BCUT2D eigenvalue weighted by Crippen LogP contribution is -2.28. The zero-order valence-corrected chi connectivity index (χ0v) is 14.8. The minimum absolute atomic E-state index is 0.0767. The summed E-state index contributed by atoms with van der Waals surface area (Å²) < 4.78 is 12.8. The molecule has 26 heavy (non-hydrogen) atoms. The van der Waals surface area contributed by atoms with Gasteiger partial charge in [0.05, 0.1) is 12.8 Å². The summed E-state index contributed by atoms with van der Waals surface area (Å²) in [7, 11) is 1.57. The van der Waals surface area contributed by atoms with E-state index in [9.17, 15) is 4.79 Å². The first-order valence-electron chi connectivity index (χ1n) is 8.30. The van der Waals surface area contributed by atoms with E-state index >= 15 is 0 Å². The molecule has 1 N–H and O–H groups in total. The van der Waals surface area contributed by atoms with Crippen molar-refractivity contribution in [1.29, 1.82) is 0 Å². The molecule has 0 unspecified atom stereocenters. The lowest BCUT2D eigenvalue weighted by Gasteiger charge is -2.13. The highest BCUT2D eigenvalue weighted by Crippen LogP contribution is 2.25. The molecule has 134 valence electrons. The maximum Gasteiger partial charge on any atom is 0.258 e. The molecule has 0 aliphatic rings. The molecular formula is C20H21N3O3. The number of nitrogens with one attached hydrogen (secondary N) is 1. The Kier molecular flexibility index (Phi) is 5.53. The molecule has 0 fully saturated rings. The van der Waals surface area contributed by atoms with Crippen molar-refractivity contribution in [2.24, 2.45) is 0 Å². The van der Waals surface area contributed by atoms with Crippen LogP contribution in [0.3, 0.4) is 0 Å². The zero-order chi connectivity index (χ0) is 18.4. The number of carbonyl (C=O) groups excluding carboxylic acids is 1. The number of ether oxygens (including phenoxy) is 2. The smallest absolute Gasteiger partial charge is 0.258 e. The van der Waals surface area contributed by atoms with Crippen LogP contribution < -0.4 is 14.8 Å². The fourth-order valence-corrected chi connectivity index (χ4v) is 2.65. The van der Waals surface area contributed by atoms with Crippen molar-refractivity contribution < 1.29 is 14.3 Å². The van der Waals surface area contributed by atoms with Gasteiger partial charge in [0.2, 0.25) is 0 Å². The molecule has 0 radical (unpaired) electrons. The van der Waals surface area contributed by atoms with Crippen LogP contribution in [0.1, 0.15) is 11.4 Å². The molecule has 1 heterocycles. The van der Waals surface area contributed by atoms with Crippen molar-refractivity contribution in [3.05, 3.63) is 72.3 Å². The maximum atomic E-state index is 12.2. The van der Waals surface area contributed by atoms with Crippen LogP contribution >= 0.6 is 0 Å². The zero-order valence-electron chi connectivity index (χ0n) is 14.8. The Morgan fingerprint density at radius 3 is 2.58 bits per heavy atom. The van der Waals surface area contributed by atoms with E-state index in [1.54, 1.807) is 25.4 Å². The number of amides is 1. The summed E-state index contributed by atoms with van der Waals surface area (Å²) in [5, 5.41) is 2.89. The Hall–Kier alpha value is -3.28. The Labute approximate surface area is 152 Å². The van der Waals surface area contributed by atoms with Gasteiger partial charge in [0, 0.05) is 18.9 Å². The van der Waals surface area contributed by atoms with Crippen molar-refractivity contribution in [2.75, 3.05) is 13.7 Å². The normalized spacial score (nSPS) is 10.4. The van der Waals surface area contributed by atoms with Crippen molar-refractivity contribution in [2.45, 2.75) is 13.5 Å². The molecule has 0 atom stereocenters. The number of rotatable bonds is 7. The third kappa shape index (κ3) is 4.03. The molecule has 1 aromatic heterocycles. The predicted molar refractivity (Wildman–Crippen MR) is 98.6 cm³/mol. The van der Waals surface area contributed by atoms with Gasteiger partial charge < -0.3 is 19.4 Å². The van der Waals surface area contributed by atoms with Crippen molar-refractivity contribution in [3.8, 4) is 17.2 Å². The van der Waals surface area contributed by atoms with Crippen LogP contribution in [-0.4, -0.2) is 29.2 Å². The first-order valence-corrected chi connectivity index (χ1v) is 8.30. The molecule has 0 saturated carbocycles. The van der Waals surface area contributed by atoms with Crippen molar-refractivity contribution in [3.63, 3.8) is 0 Å². The van der Waals surface area contributed by atoms with E-state index in [0.29, 0.717) is 18.0 Å². The van der Waals surface area contributed by atoms with E-state index in [0.717, 1.165) is 17.1 Å². The van der Waals surface area contributed by atoms with Gasteiger partial charge in [-0.3, -0.25) is 4.79 Å². The topological polar surface area (TPSA) is 65.4 Å². The van der Waals surface area contributed by atoms with E-state index in [-0.39, 0.29) is 12.5 Å². The molecule has 0 bridgehead atoms. The summed E-state index contributed by atoms with van der Waals surface area (Å²) in [4.78, 5) is 16.4. The number of hydrogen-bond acceptors (Lipinski definition) is 4. The summed E-state index contributed by atoms with van der Waals surface area (Å²) in [5.74, 6) is 1.83. The molecule has 3 rings (SSSR count). The lowest BCUT2D eigenvalue weighted by molar-refractivity contribution is -0.123. The summed E-state index contributed by atoms with van der Waals surface area (Å²) >= 11 is 0. The molecule has 6 nitrogen and oxygen atoms in total.